The number of para-hydroxylation sites is 1. The summed E-state index contributed by atoms with van der Waals surface area (Å²) in [5.41, 5.74) is 6.82. The molecular formula is C37H32ClN3O3S. The van der Waals surface area contributed by atoms with E-state index >= 15 is 0 Å². The van der Waals surface area contributed by atoms with E-state index in [0.29, 0.717) is 28.2 Å². The SMILES string of the molecule is COc1ccc(CN2C(=O)/C(=C/c3cc(C)n(-c4ccc(OCc5ccccc5Cl)cc4)c3C)SC2=Nc2ccccc2)cc1. The molecule has 45 heavy (non-hydrogen) atoms. The Bertz CT molecular complexity index is 1880. The zero-order valence-corrected chi connectivity index (χ0v) is 26.8. The van der Waals surface area contributed by atoms with Crippen LogP contribution in [-0.4, -0.2) is 27.7 Å². The lowest BCUT2D eigenvalue weighted by Gasteiger charge is -2.16. The number of methoxy groups -OCH3 is 1. The fourth-order valence-electron chi connectivity index (χ4n) is 5.20. The van der Waals surface area contributed by atoms with Gasteiger partial charge in [0.15, 0.2) is 5.17 Å². The van der Waals surface area contributed by atoms with Crippen molar-refractivity contribution in [3.8, 4) is 17.2 Å². The Balaban J connectivity index is 1.25. The van der Waals surface area contributed by atoms with E-state index in [1.54, 1.807) is 12.0 Å². The highest BCUT2D eigenvalue weighted by Crippen LogP contribution is 2.36. The Morgan fingerprint density at radius 2 is 1.56 bits per heavy atom. The minimum Gasteiger partial charge on any atom is -0.497 e. The normalized spacial score (nSPS) is 14.8. The van der Waals surface area contributed by atoms with Crippen molar-refractivity contribution in [1.82, 2.24) is 9.47 Å². The number of benzene rings is 4. The summed E-state index contributed by atoms with van der Waals surface area (Å²) in [4.78, 5) is 21.1. The summed E-state index contributed by atoms with van der Waals surface area (Å²) in [6.45, 7) is 4.94. The van der Waals surface area contributed by atoms with Gasteiger partial charge in [0.1, 0.15) is 18.1 Å². The second kappa shape index (κ2) is 13.5. The predicted octanol–water partition coefficient (Wildman–Crippen LogP) is 9.14. The Labute approximate surface area is 272 Å². The highest BCUT2D eigenvalue weighted by atomic mass is 35.5. The summed E-state index contributed by atoms with van der Waals surface area (Å²) in [5, 5.41) is 1.34. The van der Waals surface area contributed by atoms with Crippen molar-refractivity contribution in [2.75, 3.05) is 7.11 Å². The van der Waals surface area contributed by atoms with Crippen LogP contribution in [0, 0.1) is 13.8 Å². The van der Waals surface area contributed by atoms with Crippen LogP contribution in [0.3, 0.4) is 0 Å². The average molecular weight is 634 g/mol. The number of aliphatic imine (C=N–C) groups is 1. The van der Waals surface area contributed by atoms with Gasteiger partial charge in [-0.3, -0.25) is 9.69 Å². The third-order valence-corrected chi connectivity index (χ3v) is 8.95. The van der Waals surface area contributed by atoms with Crippen molar-refractivity contribution in [3.05, 3.63) is 147 Å². The number of carbonyl (C=O) groups is 1. The first kappa shape index (κ1) is 30.3. The number of aromatic nitrogens is 1. The molecule has 2 heterocycles. The zero-order valence-electron chi connectivity index (χ0n) is 25.2. The number of amides is 1. The van der Waals surface area contributed by atoms with Crippen LogP contribution in [0.1, 0.15) is 28.1 Å². The molecule has 0 radical (unpaired) electrons. The molecule has 0 atom stereocenters. The van der Waals surface area contributed by atoms with Crippen LogP contribution in [0.2, 0.25) is 5.02 Å². The lowest BCUT2D eigenvalue weighted by atomic mass is 10.2. The predicted molar refractivity (Wildman–Crippen MR) is 184 cm³/mol. The molecule has 4 aromatic carbocycles. The Morgan fingerprint density at radius 1 is 0.867 bits per heavy atom. The van der Waals surface area contributed by atoms with Gasteiger partial charge in [0.25, 0.3) is 5.91 Å². The van der Waals surface area contributed by atoms with E-state index in [-0.39, 0.29) is 5.91 Å². The van der Waals surface area contributed by atoms with E-state index in [4.69, 9.17) is 26.1 Å². The van der Waals surface area contributed by atoms with Crippen molar-refractivity contribution in [1.29, 1.82) is 0 Å². The summed E-state index contributed by atoms with van der Waals surface area (Å²) < 4.78 is 13.5. The molecule has 1 aliphatic heterocycles. The summed E-state index contributed by atoms with van der Waals surface area (Å²) in [6, 6.07) is 35.2. The Hall–Kier alpha value is -4.72. The number of hydrogen-bond donors (Lipinski definition) is 0. The number of thioether (sulfide) groups is 1. The molecule has 5 aromatic rings. The topological polar surface area (TPSA) is 56.1 Å². The van der Waals surface area contributed by atoms with Gasteiger partial charge in [0, 0.05) is 27.7 Å². The molecule has 0 aliphatic carbocycles. The number of rotatable bonds is 9. The lowest BCUT2D eigenvalue weighted by molar-refractivity contribution is -0.122. The highest BCUT2D eigenvalue weighted by molar-refractivity contribution is 8.18. The van der Waals surface area contributed by atoms with Gasteiger partial charge < -0.3 is 14.0 Å². The fraction of sp³-hybridized carbons (Fsp3) is 0.135. The minimum absolute atomic E-state index is 0.0738. The van der Waals surface area contributed by atoms with Crippen LogP contribution in [-0.2, 0) is 17.9 Å². The van der Waals surface area contributed by atoms with Gasteiger partial charge in [0.2, 0.25) is 0 Å². The third-order valence-electron chi connectivity index (χ3n) is 7.57. The summed E-state index contributed by atoms with van der Waals surface area (Å²) >= 11 is 7.67. The summed E-state index contributed by atoms with van der Waals surface area (Å²) in [5.74, 6) is 1.46. The molecule has 0 unspecified atom stereocenters. The van der Waals surface area contributed by atoms with E-state index in [1.807, 2.05) is 109 Å². The average Bonchev–Trinajstić information content (AvgIpc) is 3.50. The number of halogens is 1. The zero-order chi connectivity index (χ0) is 31.3. The number of nitrogens with zero attached hydrogens (tertiary/aromatic N) is 3. The molecule has 0 bridgehead atoms. The minimum atomic E-state index is -0.0738. The smallest absolute Gasteiger partial charge is 0.267 e. The number of amidine groups is 1. The molecule has 226 valence electrons. The molecule has 1 aromatic heterocycles. The van der Waals surface area contributed by atoms with Crippen LogP contribution in [0.15, 0.2) is 119 Å². The first-order valence-electron chi connectivity index (χ1n) is 14.5. The van der Waals surface area contributed by atoms with Gasteiger partial charge >= 0.3 is 0 Å². The standard InChI is InChI=1S/C37H32ClN3O3S/c1-25-21-29(26(2)41(25)31-15-19-33(20-16-31)44-24-28-9-7-8-12-34(28)38)22-35-36(42)40(23-27-13-17-32(43-3)18-14-27)37(45-35)39-30-10-5-4-6-11-30/h4-22H,23-24H2,1-3H3/b35-22-,39-37?. The van der Waals surface area contributed by atoms with Crippen molar-refractivity contribution in [2.24, 2.45) is 4.99 Å². The maximum Gasteiger partial charge on any atom is 0.267 e. The quantitative estimate of drug-likeness (QED) is 0.152. The number of aryl methyl sites for hydroxylation is 1. The van der Waals surface area contributed by atoms with Gasteiger partial charge in [-0.1, -0.05) is 60.1 Å². The van der Waals surface area contributed by atoms with E-state index < -0.39 is 0 Å². The fourth-order valence-corrected chi connectivity index (χ4v) is 6.38. The van der Waals surface area contributed by atoms with Crippen molar-refractivity contribution in [3.63, 3.8) is 0 Å². The molecule has 1 aliphatic rings. The Kier molecular flexibility index (Phi) is 9.10. The molecule has 6 nitrogen and oxygen atoms in total. The van der Waals surface area contributed by atoms with E-state index in [2.05, 4.69) is 24.5 Å². The second-order valence-electron chi connectivity index (χ2n) is 10.6. The van der Waals surface area contributed by atoms with Crippen LogP contribution in [0.4, 0.5) is 5.69 Å². The monoisotopic (exact) mass is 633 g/mol. The van der Waals surface area contributed by atoms with Crippen LogP contribution in [0.5, 0.6) is 11.5 Å². The number of carbonyl (C=O) groups excluding carboxylic acids is 1. The molecule has 0 N–H and O–H groups in total. The maximum atomic E-state index is 13.8. The second-order valence-corrected chi connectivity index (χ2v) is 12.0. The van der Waals surface area contributed by atoms with Crippen molar-refractivity contribution >= 4 is 46.2 Å². The summed E-state index contributed by atoms with van der Waals surface area (Å²) in [7, 11) is 1.64. The van der Waals surface area contributed by atoms with Crippen molar-refractivity contribution in [2.45, 2.75) is 27.0 Å². The van der Waals surface area contributed by atoms with Gasteiger partial charge in [-0.2, -0.15) is 0 Å². The largest absolute Gasteiger partial charge is 0.497 e. The molecule has 0 spiro atoms. The van der Waals surface area contributed by atoms with Crippen LogP contribution < -0.4 is 9.47 Å². The van der Waals surface area contributed by atoms with E-state index in [9.17, 15) is 4.79 Å². The van der Waals surface area contributed by atoms with Gasteiger partial charge in [0.05, 0.1) is 24.2 Å². The number of hydrogen-bond acceptors (Lipinski definition) is 5. The first-order chi connectivity index (χ1) is 21.9. The Morgan fingerprint density at radius 3 is 2.27 bits per heavy atom. The molecule has 1 saturated heterocycles. The summed E-state index contributed by atoms with van der Waals surface area (Å²) in [6.07, 6.45) is 1.97. The molecule has 1 amide bonds. The highest BCUT2D eigenvalue weighted by Gasteiger charge is 2.34. The molecule has 6 rings (SSSR count). The van der Waals surface area contributed by atoms with E-state index in [1.165, 1.54) is 11.8 Å². The maximum absolute atomic E-state index is 13.8. The third kappa shape index (κ3) is 6.85. The van der Waals surface area contributed by atoms with Crippen molar-refractivity contribution < 1.29 is 14.3 Å². The van der Waals surface area contributed by atoms with Gasteiger partial charge in [-0.15, -0.1) is 0 Å². The van der Waals surface area contributed by atoms with Crippen LogP contribution >= 0.6 is 23.4 Å². The van der Waals surface area contributed by atoms with Crippen LogP contribution in [0.25, 0.3) is 11.8 Å². The number of ether oxygens (including phenoxy) is 2. The van der Waals surface area contributed by atoms with Gasteiger partial charge in [-0.05, 0) is 103 Å². The molecule has 0 saturated carbocycles. The molecule has 1 fully saturated rings. The molecule has 8 heteroatoms. The van der Waals surface area contributed by atoms with E-state index in [0.717, 1.165) is 51.0 Å². The first-order valence-corrected chi connectivity index (χ1v) is 15.7. The lowest BCUT2D eigenvalue weighted by Crippen LogP contribution is -2.28. The molecular weight excluding hydrogens is 602 g/mol. The van der Waals surface area contributed by atoms with Gasteiger partial charge in [-0.25, -0.2) is 4.99 Å².